The average Bonchev–Trinajstić information content (AvgIpc) is 2.41. The van der Waals surface area contributed by atoms with E-state index < -0.39 is 0 Å². The van der Waals surface area contributed by atoms with E-state index in [1.165, 1.54) is 25.7 Å². The molecule has 0 bridgehead atoms. The van der Waals surface area contributed by atoms with Crippen LogP contribution in [0.2, 0.25) is 0 Å². The van der Waals surface area contributed by atoms with Crippen molar-refractivity contribution in [2.75, 3.05) is 6.61 Å². The first-order valence-corrected chi connectivity index (χ1v) is 7.44. The van der Waals surface area contributed by atoms with Gasteiger partial charge in [-0.05, 0) is 50.5 Å². The van der Waals surface area contributed by atoms with Crippen molar-refractivity contribution in [1.29, 1.82) is 0 Å². The Hall–Kier alpha value is -1.22. The molecular weight excluding hydrogens is 238 g/mol. The molecule has 19 heavy (non-hydrogen) atoms. The van der Waals surface area contributed by atoms with Crippen molar-refractivity contribution in [3.05, 3.63) is 24.3 Å². The third kappa shape index (κ3) is 4.43. The van der Waals surface area contributed by atoms with Crippen LogP contribution in [0.3, 0.4) is 0 Å². The lowest BCUT2D eigenvalue weighted by molar-refractivity contribution is 0.145. The van der Waals surface area contributed by atoms with Crippen LogP contribution in [0.4, 0.5) is 0 Å². The second kappa shape index (κ2) is 7.39. The van der Waals surface area contributed by atoms with Gasteiger partial charge in [0, 0.05) is 6.04 Å². The van der Waals surface area contributed by atoms with Crippen molar-refractivity contribution >= 4 is 0 Å². The van der Waals surface area contributed by atoms with Crippen molar-refractivity contribution in [3.63, 3.8) is 0 Å². The molecule has 0 spiro atoms. The lowest BCUT2D eigenvalue weighted by Gasteiger charge is -2.27. The van der Waals surface area contributed by atoms with Crippen LogP contribution < -0.4 is 15.2 Å². The molecule has 0 radical (unpaired) electrons. The van der Waals surface area contributed by atoms with Crippen molar-refractivity contribution in [1.82, 2.24) is 0 Å². The summed E-state index contributed by atoms with van der Waals surface area (Å²) in [6, 6.07) is 8.00. The molecule has 3 nitrogen and oxygen atoms in total. The minimum atomic E-state index is 0.151. The Kier molecular flexibility index (Phi) is 5.52. The molecule has 2 unspecified atom stereocenters. The first kappa shape index (κ1) is 14.2. The maximum Gasteiger partial charge on any atom is 0.120 e. The van der Waals surface area contributed by atoms with Crippen molar-refractivity contribution in [2.24, 2.45) is 5.73 Å². The molecule has 1 aliphatic carbocycles. The van der Waals surface area contributed by atoms with Crippen LogP contribution >= 0.6 is 0 Å². The lowest BCUT2D eigenvalue weighted by atomic mass is 9.95. The van der Waals surface area contributed by atoms with E-state index in [2.05, 4.69) is 0 Å². The second-order valence-electron chi connectivity index (χ2n) is 5.22. The molecule has 3 heteroatoms. The van der Waals surface area contributed by atoms with E-state index in [1.807, 2.05) is 31.2 Å². The van der Waals surface area contributed by atoms with Gasteiger partial charge in [-0.2, -0.15) is 0 Å². The minimum Gasteiger partial charge on any atom is -0.494 e. The molecular formula is C16H25NO2. The Balaban J connectivity index is 1.93. The second-order valence-corrected chi connectivity index (χ2v) is 5.22. The van der Waals surface area contributed by atoms with Gasteiger partial charge in [0.25, 0.3) is 0 Å². The topological polar surface area (TPSA) is 44.5 Å². The normalized spacial score (nSPS) is 24.3. The molecule has 0 amide bonds. The van der Waals surface area contributed by atoms with Gasteiger partial charge in [-0.3, -0.25) is 0 Å². The van der Waals surface area contributed by atoms with E-state index in [0.717, 1.165) is 24.3 Å². The summed E-state index contributed by atoms with van der Waals surface area (Å²) in [6.45, 7) is 2.67. The summed E-state index contributed by atoms with van der Waals surface area (Å²) in [5.41, 5.74) is 6.22. The Morgan fingerprint density at radius 2 is 1.63 bits per heavy atom. The van der Waals surface area contributed by atoms with Crippen molar-refractivity contribution in [2.45, 2.75) is 57.6 Å². The van der Waals surface area contributed by atoms with Gasteiger partial charge in [0.1, 0.15) is 17.6 Å². The molecule has 1 aliphatic rings. The van der Waals surface area contributed by atoms with Crippen LogP contribution in [0, 0.1) is 0 Å². The van der Waals surface area contributed by atoms with Gasteiger partial charge < -0.3 is 15.2 Å². The van der Waals surface area contributed by atoms with Crippen molar-refractivity contribution in [3.8, 4) is 11.5 Å². The molecule has 0 aliphatic heterocycles. The van der Waals surface area contributed by atoms with E-state index in [4.69, 9.17) is 15.2 Å². The Morgan fingerprint density at radius 3 is 2.32 bits per heavy atom. The standard InChI is InChI=1S/C16H25NO2/c1-2-18-13-9-11-14(12-10-13)19-16-8-6-4-3-5-7-15(16)17/h9-12,15-16H,2-8,17H2,1H3. The zero-order valence-electron chi connectivity index (χ0n) is 11.8. The summed E-state index contributed by atoms with van der Waals surface area (Å²) in [4.78, 5) is 0. The zero-order valence-corrected chi connectivity index (χ0v) is 11.8. The van der Waals surface area contributed by atoms with E-state index >= 15 is 0 Å². The maximum absolute atomic E-state index is 6.22. The van der Waals surface area contributed by atoms with E-state index in [0.29, 0.717) is 6.61 Å². The highest BCUT2D eigenvalue weighted by Gasteiger charge is 2.20. The van der Waals surface area contributed by atoms with E-state index in [9.17, 15) is 0 Å². The summed E-state index contributed by atoms with van der Waals surface area (Å²) in [7, 11) is 0. The highest BCUT2D eigenvalue weighted by molar-refractivity contribution is 5.31. The third-order valence-corrected chi connectivity index (χ3v) is 3.68. The van der Waals surface area contributed by atoms with Crippen LogP contribution in [0.5, 0.6) is 11.5 Å². The molecule has 1 aromatic rings. The highest BCUT2D eigenvalue weighted by Crippen LogP contribution is 2.23. The van der Waals surface area contributed by atoms with Gasteiger partial charge in [0.05, 0.1) is 6.61 Å². The first-order valence-electron chi connectivity index (χ1n) is 7.44. The molecule has 2 atom stereocenters. The van der Waals surface area contributed by atoms with Gasteiger partial charge in [0.2, 0.25) is 0 Å². The third-order valence-electron chi connectivity index (χ3n) is 3.68. The van der Waals surface area contributed by atoms with Crippen molar-refractivity contribution < 1.29 is 9.47 Å². The quantitative estimate of drug-likeness (QED) is 0.904. The summed E-state index contributed by atoms with van der Waals surface area (Å²) < 4.78 is 11.5. The largest absolute Gasteiger partial charge is 0.494 e. The molecule has 1 fully saturated rings. The Bertz CT molecular complexity index is 364. The summed E-state index contributed by atoms with van der Waals surface area (Å²) in [5.74, 6) is 1.78. The number of rotatable bonds is 4. The monoisotopic (exact) mass is 263 g/mol. The predicted octanol–water partition coefficient (Wildman–Crippen LogP) is 3.51. The van der Waals surface area contributed by atoms with Gasteiger partial charge in [-0.15, -0.1) is 0 Å². The number of ether oxygens (including phenoxy) is 2. The molecule has 0 saturated heterocycles. The number of hydrogen-bond acceptors (Lipinski definition) is 3. The molecule has 2 rings (SSSR count). The Morgan fingerprint density at radius 1 is 1.00 bits per heavy atom. The van der Waals surface area contributed by atoms with Crippen LogP contribution in [0.25, 0.3) is 0 Å². The number of benzene rings is 1. The fourth-order valence-corrected chi connectivity index (χ4v) is 2.58. The first-order chi connectivity index (χ1) is 9.29. The number of nitrogens with two attached hydrogens (primary N) is 1. The summed E-state index contributed by atoms with van der Waals surface area (Å²) >= 11 is 0. The minimum absolute atomic E-state index is 0.151. The van der Waals surface area contributed by atoms with Crippen LogP contribution in [-0.2, 0) is 0 Å². The molecule has 1 aromatic carbocycles. The summed E-state index contributed by atoms with van der Waals surface area (Å²) in [5, 5.41) is 0. The van der Waals surface area contributed by atoms with Gasteiger partial charge in [0.15, 0.2) is 0 Å². The van der Waals surface area contributed by atoms with Crippen LogP contribution in [0.1, 0.15) is 45.4 Å². The molecule has 1 saturated carbocycles. The highest BCUT2D eigenvalue weighted by atomic mass is 16.5. The lowest BCUT2D eigenvalue weighted by Crippen LogP contribution is -2.39. The van der Waals surface area contributed by atoms with Crippen LogP contribution in [-0.4, -0.2) is 18.8 Å². The van der Waals surface area contributed by atoms with Gasteiger partial charge in [-0.1, -0.05) is 19.3 Å². The predicted molar refractivity (Wildman–Crippen MR) is 77.7 cm³/mol. The van der Waals surface area contributed by atoms with Gasteiger partial charge in [-0.25, -0.2) is 0 Å². The van der Waals surface area contributed by atoms with E-state index in [-0.39, 0.29) is 12.1 Å². The van der Waals surface area contributed by atoms with Crippen LogP contribution in [0.15, 0.2) is 24.3 Å². The Labute approximate surface area is 116 Å². The smallest absolute Gasteiger partial charge is 0.120 e. The fourth-order valence-electron chi connectivity index (χ4n) is 2.58. The molecule has 106 valence electrons. The van der Waals surface area contributed by atoms with Gasteiger partial charge >= 0.3 is 0 Å². The SMILES string of the molecule is CCOc1ccc(OC2CCCCCCC2N)cc1. The number of hydrogen-bond donors (Lipinski definition) is 1. The maximum atomic E-state index is 6.22. The average molecular weight is 263 g/mol. The zero-order chi connectivity index (χ0) is 13.5. The molecule has 0 aromatic heterocycles. The molecule has 2 N–H and O–H groups in total. The fraction of sp³-hybridized carbons (Fsp3) is 0.625. The molecule has 0 heterocycles. The van der Waals surface area contributed by atoms with E-state index in [1.54, 1.807) is 0 Å². The summed E-state index contributed by atoms with van der Waals surface area (Å²) in [6.07, 6.45) is 7.34.